The Morgan fingerprint density at radius 2 is 2.11 bits per heavy atom. The van der Waals surface area contributed by atoms with E-state index in [1.165, 1.54) is 0 Å². The number of anilines is 1. The van der Waals surface area contributed by atoms with Gasteiger partial charge >= 0.3 is 0 Å². The molecule has 0 radical (unpaired) electrons. The van der Waals surface area contributed by atoms with Gasteiger partial charge < -0.3 is 10.2 Å². The van der Waals surface area contributed by atoms with Crippen molar-refractivity contribution in [3.8, 4) is 0 Å². The Morgan fingerprint density at radius 1 is 1.33 bits per heavy atom. The molecular weight excluding hydrogens is 224 g/mol. The quantitative estimate of drug-likeness (QED) is 0.886. The number of piperazine rings is 1. The number of hydrogen-bond donors (Lipinski definition) is 1. The van der Waals surface area contributed by atoms with Gasteiger partial charge in [-0.1, -0.05) is 13.8 Å². The van der Waals surface area contributed by atoms with Crippen LogP contribution in [0.4, 0.5) is 5.82 Å². The zero-order valence-electron chi connectivity index (χ0n) is 11.9. The van der Waals surface area contributed by atoms with Crippen molar-refractivity contribution in [1.29, 1.82) is 0 Å². The minimum Gasteiger partial charge on any atom is -0.352 e. The second kappa shape index (κ2) is 5.22. The molecule has 0 aliphatic carbocycles. The Balaban J connectivity index is 2.05. The van der Waals surface area contributed by atoms with Crippen molar-refractivity contribution in [2.24, 2.45) is 5.92 Å². The lowest BCUT2D eigenvalue weighted by molar-refractivity contribution is 0.351. The zero-order valence-corrected chi connectivity index (χ0v) is 11.9. The van der Waals surface area contributed by atoms with Crippen LogP contribution in [0.25, 0.3) is 0 Å². The Hall–Kier alpha value is -1.16. The van der Waals surface area contributed by atoms with Crippen LogP contribution in [0.2, 0.25) is 0 Å². The molecule has 1 aromatic heterocycles. The van der Waals surface area contributed by atoms with Crippen LogP contribution >= 0.6 is 0 Å². The van der Waals surface area contributed by atoms with Crippen molar-refractivity contribution in [3.63, 3.8) is 0 Å². The Labute approximate surface area is 110 Å². The fourth-order valence-corrected chi connectivity index (χ4v) is 2.39. The van der Waals surface area contributed by atoms with Gasteiger partial charge in [0, 0.05) is 25.2 Å². The first-order valence-electron chi connectivity index (χ1n) is 6.79. The number of hydrogen-bond acceptors (Lipinski definition) is 4. The van der Waals surface area contributed by atoms with Crippen LogP contribution in [-0.4, -0.2) is 35.4 Å². The van der Waals surface area contributed by atoms with E-state index in [1.54, 1.807) is 0 Å². The maximum atomic E-state index is 4.37. The van der Waals surface area contributed by atoms with Gasteiger partial charge in [0.2, 0.25) is 0 Å². The van der Waals surface area contributed by atoms with Crippen LogP contribution in [0.15, 0.2) is 12.1 Å². The van der Waals surface area contributed by atoms with Crippen molar-refractivity contribution >= 4 is 5.82 Å². The highest BCUT2D eigenvalue weighted by atomic mass is 15.3. The van der Waals surface area contributed by atoms with Gasteiger partial charge in [-0.2, -0.15) is 5.10 Å². The van der Waals surface area contributed by atoms with E-state index in [0.717, 1.165) is 37.6 Å². The van der Waals surface area contributed by atoms with Gasteiger partial charge in [0.05, 0.1) is 5.69 Å². The van der Waals surface area contributed by atoms with E-state index >= 15 is 0 Å². The highest BCUT2D eigenvalue weighted by Crippen LogP contribution is 2.17. The third kappa shape index (κ3) is 3.42. The molecule has 0 aromatic carbocycles. The fourth-order valence-electron chi connectivity index (χ4n) is 2.39. The van der Waals surface area contributed by atoms with Crippen LogP contribution in [0.1, 0.15) is 33.4 Å². The van der Waals surface area contributed by atoms with E-state index in [4.69, 9.17) is 0 Å². The molecule has 4 nitrogen and oxygen atoms in total. The molecule has 0 amide bonds. The van der Waals surface area contributed by atoms with Gasteiger partial charge in [0.15, 0.2) is 5.82 Å². The molecule has 4 heteroatoms. The van der Waals surface area contributed by atoms with Crippen molar-refractivity contribution in [3.05, 3.63) is 17.8 Å². The molecule has 18 heavy (non-hydrogen) atoms. The molecule has 2 heterocycles. The molecule has 1 aliphatic rings. The van der Waals surface area contributed by atoms with Gasteiger partial charge in [-0.3, -0.25) is 0 Å². The maximum Gasteiger partial charge on any atom is 0.151 e. The van der Waals surface area contributed by atoms with Crippen LogP contribution in [0.5, 0.6) is 0 Å². The summed E-state index contributed by atoms with van der Waals surface area (Å²) in [5.41, 5.74) is 1.24. The van der Waals surface area contributed by atoms with Crippen molar-refractivity contribution < 1.29 is 0 Å². The largest absolute Gasteiger partial charge is 0.352 e. The van der Waals surface area contributed by atoms with Crippen molar-refractivity contribution in [2.45, 2.75) is 39.7 Å². The maximum absolute atomic E-state index is 4.37. The molecule has 1 aliphatic heterocycles. The first-order valence-corrected chi connectivity index (χ1v) is 6.79. The Kier molecular flexibility index (Phi) is 3.85. The first kappa shape index (κ1) is 13.3. The summed E-state index contributed by atoms with van der Waals surface area (Å²) < 4.78 is 0. The minimum absolute atomic E-state index is 0.149. The lowest BCUT2D eigenvalue weighted by Crippen LogP contribution is -2.57. The summed E-state index contributed by atoms with van der Waals surface area (Å²) in [5, 5.41) is 12.2. The lowest BCUT2D eigenvalue weighted by atomic mass is 10.0. The van der Waals surface area contributed by atoms with Crippen molar-refractivity contribution in [2.75, 3.05) is 24.5 Å². The molecule has 0 atom stereocenters. The van der Waals surface area contributed by atoms with Gasteiger partial charge in [0.1, 0.15) is 0 Å². The molecule has 2 rings (SSSR count). The highest BCUT2D eigenvalue weighted by molar-refractivity contribution is 5.39. The molecular formula is C14H24N4. The van der Waals surface area contributed by atoms with E-state index in [-0.39, 0.29) is 5.54 Å². The molecule has 1 aromatic rings. The molecule has 0 spiro atoms. The van der Waals surface area contributed by atoms with Gasteiger partial charge in [0.25, 0.3) is 0 Å². The van der Waals surface area contributed by atoms with Crippen molar-refractivity contribution in [1.82, 2.24) is 15.5 Å². The average molecular weight is 248 g/mol. The molecule has 1 N–H and O–H groups in total. The van der Waals surface area contributed by atoms with E-state index in [9.17, 15) is 0 Å². The second-order valence-electron chi connectivity index (χ2n) is 6.21. The summed E-state index contributed by atoms with van der Waals surface area (Å²) in [5.74, 6) is 1.63. The number of nitrogens with zero attached hydrogens (tertiary/aromatic N) is 3. The predicted octanol–water partition coefficient (Wildman–Crippen LogP) is 1.86. The molecule has 0 bridgehead atoms. The third-order valence-corrected chi connectivity index (χ3v) is 3.22. The monoisotopic (exact) mass is 248 g/mol. The Morgan fingerprint density at radius 3 is 2.67 bits per heavy atom. The zero-order chi connectivity index (χ0) is 13.2. The smallest absolute Gasteiger partial charge is 0.151 e. The summed E-state index contributed by atoms with van der Waals surface area (Å²) in [6.45, 7) is 11.8. The minimum atomic E-state index is 0.149. The highest BCUT2D eigenvalue weighted by Gasteiger charge is 2.26. The molecule has 100 valence electrons. The van der Waals surface area contributed by atoms with Gasteiger partial charge in [-0.05, 0) is 38.3 Å². The summed E-state index contributed by atoms with van der Waals surface area (Å²) in [6.07, 6.45) is 1.00. The average Bonchev–Trinajstić information content (AvgIpc) is 2.28. The summed E-state index contributed by atoms with van der Waals surface area (Å²) in [6, 6.07) is 4.21. The standard InChI is InChI=1S/C14H24N4/c1-11(2)9-12-5-6-13(17-16-12)18-8-7-15-14(3,4)10-18/h5-6,11,15H,7-10H2,1-4H3. The van der Waals surface area contributed by atoms with Crippen LogP contribution in [0, 0.1) is 5.92 Å². The lowest BCUT2D eigenvalue weighted by Gasteiger charge is -2.39. The molecule has 1 fully saturated rings. The summed E-state index contributed by atoms with van der Waals surface area (Å²) >= 11 is 0. The van der Waals surface area contributed by atoms with Gasteiger partial charge in [-0.15, -0.1) is 5.10 Å². The van der Waals surface area contributed by atoms with E-state index in [2.05, 4.69) is 60.2 Å². The number of aromatic nitrogens is 2. The summed E-state index contributed by atoms with van der Waals surface area (Å²) in [7, 11) is 0. The van der Waals surface area contributed by atoms with E-state index in [1.807, 2.05) is 0 Å². The first-order chi connectivity index (χ1) is 8.46. The van der Waals surface area contributed by atoms with E-state index < -0.39 is 0 Å². The number of nitrogens with one attached hydrogen (secondary N) is 1. The topological polar surface area (TPSA) is 41.0 Å². The predicted molar refractivity (Wildman–Crippen MR) is 74.9 cm³/mol. The second-order valence-corrected chi connectivity index (χ2v) is 6.21. The summed E-state index contributed by atoms with van der Waals surface area (Å²) in [4.78, 5) is 2.31. The molecule has 0 unspecified atom stereocenters. The number of rotatable bonds is 3. The Bertz CT molecular complexity index is 383. The SMILES string of the molecule is CC(C)Cc1ccc(N2CCNC(C)(C)C2)nn1. The van der Waals surface area contributed by atoms with Crippen LogP contribution < -0.4 is 10.2 Å². The third-order valence-electron chi connectivity index (χ3n) is 3.22. The molecule has 0 saturated carbocycles. The molecule has 1 saturated heterocycles. The normalized spacial score (nSPS) is 19.3. The fraction of sp³-hybridized carbons (Fsp3) is 0.714. The van der Waals surface area contributed by atoms with Crippen LogP contribution in [0.3, 0.4) is 0 Å². The van der Waals surface area contributed by atoms with Crippen LogP contribution in [-0.2, 0) is 6.42 Å². The van der Waals surface area contributed by atoms with Gasteiger partial charge in [-0.25, -0.2) is 0 Å². The van der Waals surface area contributed by atoms with E-state index in [0.29, 0.717) is 5.92 Å².